The summed E-state index contributed by atoms with van der Waals surface area (Å²) in [4.78, 5) is 41.6. The second-order valence-electron chi connectivity index (χ2n) is 6.03. The monoisotopic (exact) mass is 331 g/mol. The number of rotatable bonds is 5. The van der Waals surface area contributed by atoms with Gasteiger partial charge in [-0.15, -0.1) is 0 Å². The molecule has 0 unspecified atom stereocenters. The molecule has 0 bridgehead atoms. The van der Waals surface area contributed by atoms with Crippen LogP contribution in [-0.2, 0) is 9.59 Å². The topological polar surface area (TPSA) is 60.9 Å². The quantitative estimate of drug-likeness (QED) is 0.766. The van der Waals surface area contributed by atoms with Crippen LogP contribution in [0, 0.1) is 0 Å². The van der Waals surface area contributed by atoms with E-state index in [1.165, 1.54) is 18.7 Å². The zero-order chi connectivity index (χ0) is 17.7. The molecule has 1 heterocycles. The smallest absolute Gasteiger partial charge is 0.242 e. The van der Waals surface area contributed by atoms with Crippen molar-refractivity contribution in [3.8, 4) is 0 Å². The van der Waals surface area contributed by atoms with Crippen LogP contribution in [0.3, 0.4) is 0 Å². The minimum atomic E-state index is -0.212. The first-order valence-electron chi connectivity index (χ1n) is 8.31. The minimum absolute atomic E-state index is 0.00279. The fraction of sp³-hybridized carbons (Fsp3) is 0.500. The fourth-order valence-electron chi connectivity index (χ4n) is 2.83. The predicted molar refractivity (Wildman–Crippen MR) is 93.2 cm³/mol. The average Bonchev–Trinajstić information content (AvgIpc) is 2.59. The van der Waals surface area contributed by atoms with Gasteiger partial charge in [-0.05, 0) is 25.6 Å². The molecule has 2 rings (SSSR count). The van der Waals surface area contributed by atoms with E-state index in [1.54, 1.807) is 29.2 Å². The number of hydrogen-bond acceptors (Lipinski definition) is 4. The molecule has 1 aromatic rings. The van der Waals surface area contributed by atoms with Gasteiger partial charge in [0.15, 0.2) is 5.78 Å². The highest BCUT2D eigenvalue weighted by atomic mass is 16.2. The number of carbonyl (C=O) groups excluding carboxylic acids is 3. The molecule has 0 atom stereocenters. The van der Waals surface area contributed by atoms with E-state index in [1.807, 2.05) is 0 Å². The van der Waals surface area contributed by atoms with Crippen molar-refractivity contribution in [2.45, 2.75) is 20.8 Å². The third-order valence-electron chi connectivity index (χ3n) is 4.41. The predicted octanol–water partition coefficient (Wildman–Crippen LogP) is 1.41. The Kier molecular flexibility index (Phi) is 6.09. The fourth-order valence-corrected chi connectivity index (χ4v) is 2.83. The van der Waals surface area contributed by atoms with Gasteiger partial charge in [-0.1, -0.05) is 19.1 Å². The van der Waals surface area contributed by atoms with Crippen LogP contribution in [0.4, 0.5) is 5.69 Å². The molecule has 0 aromatic heterocycles. The van der Waals surface area contributed by atoms with Crippen LogP contribution in [0.15, 0.2) is 24.3 Å². The lowest BCUT2D eigenvalue weighted by atomic mass is 10.1. The van der Waals surface area contributed by atoms with E-state index < -0.39 is 0 Å². The lowest BCUT2D eigenvalue weighted by Crippen LogP contribution is -2.51. The van der Waals surface area contributed by atoms with Crippen LogP contribution in [0.5, 0.6) is 0 Å². The van der Waals surface area contributed by atoms with Gasteiger partial charge in [0.1, 0.15) is 6.54 Å². The maximum Gasteiger partial charge on any atom is 0.242 e. The molecule has 2 amide bonds. The van der Waals surface area contributed by atoms with Crippen LogP contribution < -0.4 is 4.90 Å². The highest BCUT2D eigenvalue weighted by molar-refractivity contribution is 6.00. The number of nitrogens with zero attached hydrogens (tertiary/aromatic N) is 3. The first-order valence-corrected chi connectivity index (χ1v) is 8.31. The Morgan fingerprint density at radius 2 is 1.75 bits per heavy atom. The molecular formula is C18H25N3O3. The zero-order valence-corrected chi connectivity index (χ0v) is 14.6. The molecule has 1 fully saturated rings. The number of hydrogen-bond donors (Lipinski definition) is 0. The maximum absolute atomic E-state index is 12.5. The molecule has 0 spiro atoms. The summed E-state index contributed by atoms with van der Waals surface area (Å²) in [7, 11) is 0. The van der Waals surface area contributed by atoms with E-state index in [9.17, 15) is 14.4 Å². The molecular weight excluding hydrogens is 306 g/mol. The van der Waals surface area contributed by atoms with E-state index >= 15 is 0 Å². The Hall–Kier alpha value is -2.21. The molecule has 6 heteroatoms. The Morgan fingerprint density at radius 3 is 2.29 bits per heavy atom. The number of ketones is 1. The largest absolute Gasteiger partial charge is 0.339 e. The summed E-state index contributed by atoms with van der Waals surface area (Å²) in [6, 6.07) is 6.84. The molecule has 6 nitrogen and oxygen atoms in total. The highest BCUT2D eigenvalue weighted by Gasteiger charge is 2.24. The SMILES string of the molecule is CCN1CCN(C(=O)CN(C(C)=O)c2cccc(C(C)=O)c2)CC1. The molecule has 1 aromatic carbocycles. The molecule has 0 saturated carbocycles. The van der Waals surface area contributed by atoms with Crippen molar-refractivity contribution >= 4 is 23.3 Å². The van der Waals surface area contributed by atoms with Crippen molar-refractivity contribution in [2.75, 3.05) is 44.2 Å². The highest BCUT2D eigenvalue weighted by Crippen LogP contribution is 2.17. The maximum atomic E-state index is 12.5. The van der Waals surface area contributed by atoms with Crippen LogP contribution >= 0.6 is 0 Å². The molecule has 1 aliphatic heterocycles. The van der Waals surface area contributed by atoms with Gasteiger partial charge in [0.2, 0.25) is 11.8 Å². The van der Waals surface area contributed by atoms with Gasteiger partial charge in [0.05, 0.1) is 0 Å². The molecule has 0 aliphatic carbocycles. The lowest BCUT2D eigenvalue weighted by molar-refractivity contribution is -0.132. The average molecular weight is 331 g/mol. The number of carbonyl (C=O) groups is 3. The Morgan fingerprint density at radius 1 is 1.08 bits per heavy atom. The lowest BCUT2D eigenvalue weighted by Gasteiger charge is -2.35. The summed E-state index contributed by atoms with van der Waals surface area (Å²) in [5.41, 5.74) is 1.11. The summed E-state index contributed by atoms with van der Waals surface area (Å²) in [5.74, 6) is -0.340. The van der Waals surface area contributed by atoms with Crippen LogP contribution in [0.1, 0.15) is 31.1 Å². The van der Waals surface area contributed by atoms with Gasteiger partial charge >= 0.3 is 0 Å². The first-order chi connectivity index (χ1) is 11.4. The molecule has 0 radical (unpaired) electrons. The van der Waals surface area contributed by atoms with Crippen LogP contribution in [0.2, 0.25) is 0 Å². The number of likely N-dealkylation sites (N-methyl/N-ethyl adjacent to an activating group) is 1. The van der Waals surface area contributed by atoms with Gasteiger partial charge in [0, 0.05) is 44.4 Å². The number of amides is 2. The van der Waals surface area contributed by atoms with Gasteiger partial charge in [-0.3, -0.25) is 14.4 Å². The van der Waals surface area contributed by atoms with Gasteiger partial charge in [-0.25, -0.2) is 0 Å². The van der Waals surface area contributed by atoms with Crippen molar-refractivity contribution in [1.29, 1.82) is 0 Å². The minimum Gasteiger partial charge on any atom is -0.339 e. The Labute approximate surface area is 143 Å². The third kappa shape index (κ3) is 4.41. The van der Waals surface area contributed by atoms with E-state index in [2.05, 4.69) is 11.8 Å². The van der Waals surface area contributed by atoms with Crippen LogP contribution in [-0.4, -0.2) is 66.7 Å². The van der Waals surface area contributed by atoms with E-state index in [0.717, 1.165) is 19.6 Å². The summed E-state index contributed by atoms with van der Waals surface area (Å²) in [6.45, 7) is 9.11. The van der Waals surface area contributed by atoms with Crippen LogP contribution in [0.25, 0.3) is 0 Å². The van der Waals surface area contributed by atoms with E-state index in [-0.39, 0.29) is 24.1 Å². The standard InChI is InChI=1S/C18H25N3O3/c1-4-19-8-10-20(11-9-19)18(24)13-21(15(3)23)17-7-5-6-16(12-17)14(2)22/h5-7,12H,4,8-11,13H2,1-3H3. The summed E-state index contributed by atoms with van der Waals surface area (Å²) in [6.07, 6.45) is 0. The second-order valence-corrected chi connectivity index (χ2v) is 6.03. The summed E-state index contributed by atoms with van der Waals surface area (Å²) in [5, 5.41) is 0. The molecule has 1 saturated heterocycles. The molecule has 0 N–H and O–H groups in total. The molecule has 130 valence electrons. The normalized spacial score (nSPS) is 15.2. The number of benzene rings is 1. The number of piperazine rings is 1. The zero-order valence-electron chi connectivity index (χ0n) is 14.6. The Balaban J connectivity index is 2.09. The number of Topliss-reactive ketones (excluding diaryl/α,β-unsaturated/α-hetero) is 1. The van der Waals surface area contributed by atoms with Crippen molar-refractivity contribution in [3.63, 3.8) is 0 Å². The van der Waals surface area contributed by atoms with Crippen molar-refractivity contribution < 1.29 is 14.4 Å². The summed E-state index contributed by atoms with van der Waals surface area (Å²) >= 11 is 0. The van der Waals surface area contributed by atoms with Gasteiger partial charge < -0.3 is 14.7 Å². The molecule has 24 heavy (non-hydrogen) atoms. The van der Waals surface area contributed by atoms with Crippen molar-refractivity contribution in [2.24, 2.45) is 0 Å². The summed E-state index contributed by atoms with van der Waals surface area (Å²) < 4.78 is 0. The van der Waals surface area contributed by atoms with E-state index in [0.29, 0.717) is 24.3 Å². The van der Waals surface area contributed by atoms with Gasteiger partial charge in [0.25, 0.3) is 0 Å². The van der Waals surface area contributed by atoms with E-state index in [4.69, 9.17) is 0 Å². The Bertz CT molecular complexity index is 622. The van der Waals surface area contributed by atoms with Gasteiger partial charge in [-0.2, -0.15) is 0 Å². The second kappa shape index (κ2) is 8.06. The molecule has 1 aliphatic rings. The third-order valence-corrected chi connectivity index (χ3v) is 4.41. The van der Waals surface area contributed by atoms with Crippen molar-refractivity contribution in [1.82, 2.24) is 9.80 Å². The first kappa shape index (κ1) is 18.1. The van der Waals surface area contributed by atoms with Crippen molar-refractivity contribution in [3.05, 3.63) is 29.8 Å². The number of anilines is 1.